The van der Waals surface area contributed by atoms with Crippen LogP contribution in [0.15, 0.2) is 65.7 Å². The first-order valence-electron chi connectivity index (χ1n) is 9.44. The van der Waals surface area contributed by atoms with Crippen molar-refractivity contribution in [2.24, 2.45) is 0 Å². The van der Waals surface area contributed by atoms with E-state index in [1.807, 2.05) is 24.3 Å². The Morgan fingerprint density at radius 1 is 1.07 bits per heavy atom. The summed E-state index contributed by atoms with van der Waals surface area (Å²) in [6, 6.07) is 18.5. The monoisotopic (exact) mass is 393 g/mol. The van der Waals surface area contributed by atoms with Gasteiger partial charge in [-0.15, -0.1) is 11.8 Å². The number of benzene rings is 2. The summed E-state index contributed by atoms with van der Waals surface area (Å²) >= 11 is 1.56. The van der Waals surface area contributed by atoms with Gasteiger partial charge < -0.3 is 15.0 Å². The van der Waals surface area contributed by atoms with Gasteiger partial charge in [-0.2, -0.15) is 0 Å². The van der Waals surface area contributed by atoms with Gasteiger partial charge in [-0.1, -0.05) is 36.4 Å². The highest BCUT2D eigenvalue weighted by atomic mass is 32.2. The molecule has 1 fully saturated rings. The van der Waals surface area contributed by atoms with Gasteiger partial charge in [0.2, 0.25) is 5.91 Å². The summed E-state index contributed by atoms with van der Waals surface area (Å²) in [6.45, 7) is 3.57. The van der Waals surface area contributed by atoms with Crippen LogP contribution < -0.4 is 10.2 Å². The van der Waals surface area contributed by atoms with Crippen molar-refractivity contribution in [3.05, 3.63) is 66.4 Å². The lowest BCUT2D eigenvalue weighted by Gasteiger charge is -2.29. The summed E-state index contributed by atoms with van der Waals surface area (Å²) in [5.74, 6) is 1.36. The van der Waals surface area contributed by atoms with Crippen LogP contribution in [0.1, 0.15) is 5.56 Å². The highest BCUT2D eigenvalue weighted by molar-refractivity contribution is 8.00. The zero-order valence-electron chi connectivity index (χ0n) is 15.6. The highest BCUT2D eigenvalue weighted by Gasteiger charge is 2.16. The molecular formula is C22H23N3O2S. The molecule has 0 saturated carbocycles. The summed E-state index contributed by atoms with van der Waals surface area (Å²) in [5, 5.41) is 5.43. The molecule has 0 spiro atoms. The van der Waals surface area contributed by atoms with Gasteiger partial charge in [0.1, 0.15) is 5.82 Å². The Morgan fingerprint density at radius 2 is 1.89 bits per heavy atom. The van der Waals surface area contributed by atoms with Gasteiger partial charge in [-0.3, -0.25) is 4.79 Å². The van der Waals surface area contributed by atoms with Crippen LogP contribution in [0.25, 0.3) is 10.8 Å². The van der Waals surface area contributed by atoms with E-state index in [0.717, 1.165) is 29.4 Å². The molecule has 1 amide bonds. The lowest BCUT2D eigenvalue weighted by atomic mass is 10.1. The summed E-state index contributed by atoms with van der Waals surface area (Å²) in [5.41, 5.74) is 1.04. The Morgan fingerprint density at radius 3 is 2.75 bits per heavy atom. The van der Waals surface area contributed by atoms with Gasteiger partial charge >= 0.3 is 0 Å². The van der Waals surface area contributed by atoms with Crippen LogP contribution in [0.3, 0.4) is 0 Å². The number of pyridine rings is 1. The Labute approximate surface area is 169 Å². The molecule has 2 heterocycles. The first kappa shape index (κ1) is 18.8. The molecule has 3 aromatic rings. The van der Waals surface area contributed by atoms with Gasteiger partial charge in [0.15, 0.2) is 0 Å². The van der Waals surface area contributed by atoms with E-state index in [9.17, 15) is 4.79 Å². The number of anilines is 1. The Bertz CT molecular complexity index is 957. The van der Waals surface area contributed by atoms with Crippen molar-refractivity contribution in [1.82, 2.24) is 10.3 Å². The van der Waals surface area contributed by atoms with Gasteiger partial charge in [-0.25, -0.2) is 4.98 Å². The standard InChI is InChI=1S/C22H23N3O2S/c26-21(16-28-20-8-7-17-4-1-2-5-18(17)14-20)24-15-19-6-3-9-23-22(19)25-10-12-27-13-11-25/h1-9,14H,10-13,15-16H2,(H,24,26). The van der Waals surface area contributed by atoms with E-state index in [1.54, 1.807) is 18.0 Å². The highest BCUT2D eigenvalue weighted by Crippen LogP contribution is 2.23. The van der Waals surface area contributed by atoms with Crippen LogP contribution in [0, 0.1) is 0 Å². The SMILES string of the molecule is O=C(CSc1ccc2ccccc2c1)NCc1cccnc1N1CCOCC1. The van der Waals surface area contributed by atoms with Crippen molar-refractivity contribution in [1.29, 1.82) is 0 Å². The zero-order chi connectivity index (χ0) is 19.2. The number of rotatable bonds is 6. The van der Waals surface area contributed by atoms with Crippen LogP contribution >= 0.6 is 11.8 Å². The maximum absolute atomic E-state index is 12.4. The zero-order valence-corrected chi connectivity index (χ0v) is 16.5. The minimum atomic E-state index is 0.0231. The molecule has 2 aromatic carbocycles. The molecular weight excluding hydrogens is 370 g/mol. The Kier molecular flexibility index (Phi) is 6.09. The van der Waals surface area contributed by atoms with E-state index in [2.05, 4.69) is 45.5 Å². The summed E-state index contributed by atoms with van der Waals surface area (Å²) in [7, 11) is 0. The minimum absolute atomic E-state index is 0.0231. The normalized spacial score (nSPS) is 14.2. The average molecular weight is 394 g/mol. The Hall–Kier alpha value is -2.57. The van der Waals surface area contributed by atoms with Crippen molar-refractivity contribution in [3.8, 4) is 0 Å². The molecule has 0 radical (unpaired) electrons. The van der Waals surface area contributed by atoms with E-state index < -0.39 is 0 Å². The molecule has 5 nitrogen and oxygen atoms in total. The number of nitrogens with zero attached hydrogens (tertiary/aromatic N) is 2. The fourth-order valence-electron chi connectivity index (χ4n) is 3.28. The molecule has 0 bridgehead atoms. The molecule has 4 rings (SSSR count). The third kappa shape index (κ3) is 4.64. The summed E-state index contributed by atoms with van der Waals surface area (Å²) in [6.07, 6.45) is 1.80. The third-order valence-electron chi connectivity index (χ3n) is 4.74. The molecule has 1 aliphatic heterocycles. The predicted octanol–water partition coefficient (Wildman–Crippen LogP) is 3.48. The smallest absolute Gasteiger partial charge is 0.230 e. The molecule has 0 aliphatic carbocycles. The first-order chi connectivity index (χ1) is 13.8. The van der Waals surface area contributed by atoms with Crippen LogP contribution in [0.5, 0.6) is 0 Å². The molecule has 28 heavy (non-hydrogen) atoms. The first-order valence-corrected chi connectivity index (χ1v) is 10.4. The van der Waals surface area contributed by atoms with Crippen molar-refractivity contribution in [3.63, 3.8) is 0 Å². The number of fused-ring (bicyclic) bond motifs is 1. The number of amides is 1. The minimum Gasteiger partial charge on any atom is -0.378 e. The van der Waals surface area contributed by atoms with E-state index in [0.29, 0.717) is 25.5 Å². The number of ether oxygens (including phenoxy) is 1. The Balaban J connectivity index is 1.33. The molecule has 1 aliphatic rings. The molecule has 6 heteroatoms. The number of hydrogen-bond donors (Lipinski definition) is 1. The number of morpholine rings is 1. The lowest BCUT2D eigenvalue weighted by Crippen LogP contribution is -2.38. The molecule has 0 unspecified atom stereocenters. The second-order valence-electron chi connectivity index (χ2n) is 6.66. The second-order valence-corrected chi connectivity index (χ2v) is 7.71. The van der Waals surface area contributed by atoms with Gasteiger partial charge in [-0.05, 0) is 29.0 Å². The molecule has 144 valence electrons. The maximum atomic E-state index is 12.4. The number of thioether (sulfide) groups is 1. The van der Waals surface area contributed by atoms with Crippen LogP contribution in [0.4, 0.5) is 5.82 Å². The van der Waals surface area contributed by atoms with Crippen molar-refractivity contribution < 1.29 is 9.53 Å². The quantitative estimate of drug-likeness (QED) is 0.650. The summed E-state index contributed by atoms with van der Waals surface area (Å²) in [4.78, 5) is 20.2. The van der Waals surface area contributed by atoms with Gasteiger partial charge in [0, 0.05) is 36.3 Å². The van der Waals surface area contributed by atoms with Crippen molar-refractivity contribution >= 4 is 34.3 Å². The van der Waals surface area contributed by atoms with Crippen molar-refractivity contribution in [2.45, 2.75) is 11.4 Å². The fraction of sp³-hybridized carbons (Fsp3) is 0.273. The average Bonchev–Trinajstić information content (AvgIpc) is 2.77. The van der Waals surface area contributed by atoms with Crippen molar-refractivity contribution in [2.75, 3.05) is 37.0 Å². The third-order valence-corrected chi connectivity index (χ3v) is 5.74. The summed E-state index contributed by atoms with van der Waals surface area (Å²) < 4.78 is 5.42. The van der Waals surface area contributed by atoms with Gasteiger partial charge in [0.05, 0.1) is 19.0 Å². The van der Waals surface area contributed by atoms with E-state index in [-0.39, 0.29) is 5.91 Å². The maximum Gasteiger partial charge on any atom is 0.230 e. The van der Waals surface area contributed by atoms with Gasteiger partial charge in [0.25, 0.3) is 0 Å². The largest absolute Gasteiger partial charge is 0.378 e. The predicted molar refractivity (Wildman–Crippen MR) is 114 cm³/mol. The number of hydrogen-bond acceptors (Lipinski definition) is 5. The number of carbonyl (C=O) groups excluding carboxylic acids is 1. The molecule has 1 saturated heterocycles. The molecule has 0 atom stereocenters. The van der Waals surface area contributed by atoms with Crippen LogP contribution in [0.2, 0.25) is 0 Å². The van der Waals surface area contributed by atoms with Crippen LogP contribution in [-0.2, 0) is 16.1 Å². The van der Waals surface area contributed by atoms with E-state index in [1.165, 1.54) is 10.8 Å². The number of nitrogens with one attached hydrogen (secondary N) is 1. The number of carbonyl (C=O) groups is 1. The topological polar surface area (TPSA) is 54.5 Å². The van der Waals surface area contributed by atoms with E-state index in [4.69, 9.17) is 4.74 Å². The van der Waals surface area contributed by atoms with Crippen LogP contribution in [-0.4, -0.2) is 42.9 Å². The molecule has 1 N–H and O–H groups in total. The second kappa shape index (κ2) is 9.08. The fourth-order valence-corrected chi connectivity index (χ4v) is 4.05. The van der Waals surface area contributed by atoms with E-state index >= 15 is 0 Å². The number of aromatic nitrogens is 1. The lowest BCUT2D eigenvalue weighted by molar-refractivity contribution is -0.118. The molecule has 1 aromatic heterocycles.